The van der Waals surface area contributed by atoms with E-state index < -0.39 is 22.0 Å². The SMILES string of the molecule is CC(C(=O)O)S(=O)C1CCCOC1. The molecule has 1 fully saturated rings. The Morgan fingerprint density at radius 1 is 1.69 bits per heavy atom. The summed E-state index contributed by atoms with van der Waals surface area (Å²) in [5.41, 5.74) is 0. The van der Waals surface area contributed by atoms with E-state index in [1.54, 1.807) is 0 Å². The first-order valence-corrected chi connectivity index (χ1v) is 5.60. The molecule has 0 radical (unpaired) electrons. The fourth-order valence-electron chi connectivity index (χ4n) is 1.28. The van der Waals surface area contributed by atoms with Crippen LogP contribution in [0.5, 0.6) is 0 Å². The predicted octanol–water partition coefficient (Wildman–Crippen LogP) is 0.387. The van der Waals surface area contributed by atoms with Gasteiger partial charge < -0.3 is 9.84 Å². The Labute approximate surface area is 79.7 Å². The van der Waals surface area contributed by atoms with Crippen LogP contribution < -0.4 is 0 Å². The van der Waals surface area contributed by atoms with E-state index in [2.05, 4.69) is 0 Å². The van der Waals surface area contributed by atoms with Crippen molar-refractivity contribution < 1.29 is 18.8 Å². The highest BCUT2D eigenvalue weighted by atomic mass is 32.2. The number of ether oxygens (including phenoxy) is 1. The maximum absolute atomic E-state index is 11.6. The minimum Gasteiger partial charge on any atom is -0.480 e. The summed E-state index contributed by atoms with van der Waals surface area (Å²) >= 11 is 0. The summed E-state index contributed by atoms with van der Waals surface area (Å²) < 4.78 is 16.7. The molecule has 0 aromatic carbocycles. The first-order chi connectivity index (χ1) is 6.13. The summed E-state index contributed by atoms with van der Waals surface area (Å²) in [6, 6.07) is 0. The molecule has 1 heterocycles. The lowest BCUT2D eigenvalue weighted by atomic mass is 10.2. The van der Waals surface area contributed by atoms with Crippen LogP contribution >= 0.6 is 0 Å². The van der Waals surface area contributed by atoms with E-state index in [0.717, 1.165) is 12.8 Å². The molecule has 1 N–H and O–H groups in total. The van der Waals surface area contributed by atoms with Crippen LogP contribution in [0, 0.1) is 0 Å². The van der Waals surface area contributed by atoms with Crippen molar-refractivity contribution in [3.05, 3.63) is 0 Å². The van der Waals surface area contributed by atoms with Gasteiger partial charge in [0.25, 0.3) is 0 Å². The van der Waals surface area contributed by atoms with E-state index in [1.807, 2.05) is 0 Å². The highest BCUT2D eigenvalue weighted by molar-refractivity contribution is 7.87. The molecule has 0 saturated carbocycles. The van der Waals surface area contributed by atoms with E-state index in [4.69, 9.17) is 9.84 Å². The number of carboxylic acid groups (broad SMARTS) is 1. The molecule has 4 nitrogen and oxygen atoms in total. The van der Waals surface area contributed by atoms with E-state index >= 15 is 0 Å². The van der Waals surface area contributed by atoms with Gasteiger partial charge in [-0.3, -0.25) is 9.00 Å². The largest absolute Gasteiger partial charge is 0.480 e. The van der Waals surface area contributed by atoms with Crippen LogP contribution in [0.15, 0.2) is 0 Å². The molecule has 0 aromatic heterocycles. The summed E-state index contributed by atoms with van der Waals surface area (Å²) in [4.78, 5) is 10.5. The molecule has 5 heteroatoms. The first-order valence-electron chi connectivity index (χ1n) is 4.33. The van der Waals surface area contributed by atoms with Crippen LogP contribution in [0.4, 0.5) is 0 Å². The zero-order valence-electron chi connectivity index (χ0n) is 7.56. The Morgan fingerprint density at radius 3 is 2.85 bits per heavy atom. The van der Waals surface area contributed by atoms with Crippen LogP contribution in [-0.2, 0) is 20.3 Å². The second-order valence-corrected chi connectivity index (χ2v) is 5.18. The van der Waals surface area contributed by atoms with Gasteiger partial charge in [0.1, 0.15) is 5.25 Å². The number of hydrogen-bond acceptors (Lipinski definition) is 3. The summed E-state index contributed by atoms with van der Waals surface area (Å²) in [5.74, 6) is -0.996. The molecule has 0 amide bonds. The van der Waals surface area contributed by atoms with E-state index in [1.165, 1.54) is 6.92 Å². The van der Waals surface area contributed by atoms with Crippen molar-refractivity contribution in [3.63, 3.8) is 0 Å². The topological polar surface area (TPSA) is 63.6 Å². The lowest BCUT2D eigenvalue weighted by Crippen LogP contribution is -2.35. The quantitative estimate of drug-likeness (QED) is 0.725. The van der Waals surface area contributed by atoms with Gasteiger partial charge in [-0.05, 0) is 19.8 Å². The molecule has 1 aliphatic rings. The second-order valence-electron chi connectivity index (χ2n) is 3.15. The molecular weight excluding hydrogens is 192 g/mol. The fourth-order valence-corrected chi connectivity index (χ4v) is 2.69. The Morgan fingerprint density at radius 2 is 2.38 bits per heavy atom. The van der Waals surface area contributed by atoms with Crippen molar-refractivity contribution in [2.75, 3.05) is 13.2 Å². The second kappa shape index (κ2) is 4.72. The van der Waals surface area contributed by atoms with Crippen molar-refractivity contribution in [2.45, 2.75) is 30.3 Å². The molecule has 13 heavy (non-hydrogen) atoms. The Bertz CT molecular complexity index is 210. The lowest BCUT2D eigenvalue weighted by molar-refractivity contribution is -0.136. The lowest BCUT2D eigenvalue weighted by Gasteiger charge is -2.22. The summed E-state index contributed by atoms with van der Waals surface area (Å²) in [5, 5.41) is 7.77. The number of carbonyl (C=O) groups is 1. The van der Waals surface area contributed by atoms with Gasteiger partial charge in [0.2, 0.25) is 0 Å². The van der Waals surface area contributed by atoms with Crippen molar-refractivity contribution in [1.82, 2.24) is 0 Å². The van der Waals surface area contributed by atoms with Crippen LogP contribution in [0.3, 0.4) is 0 Å². The highest BCUT2D eigenvalue weighted by Gasteiger charge is 2.28. The molecule has 0 bridgehead atoms. The molecule has 76 valence electrons. The third-order valence-electron chi connectivity index (χ3n) is 2.14. The minimum atomic E-state index is -1.31. The van der Waals surface area contributed by atoms with Gasteiger partial charge in [-0.1, -0.05) is 0 Å². The monoisotopic (exact) mass is 206 g/mol. The number of rotatable bonds is 3. The molecule has 3 unspecified atom stereocenters. The first kappa shape index (κ1) is 10.7. The zero-order chi connectivity index (χ0) is 9.84. The Hall–Kier alpha value is -0.420. The van der Waals surface area contributed by atoms with Crippen molar-refractivity contribution in [1.29, 1.82) is 0 Å². The van der Waals surface area contributed by atoms with Crippen molar-refractivity contribution >= 4 is 16.8 Å². The van der Waals surface area contributed by atoms with Crippen LogP contribution in [0.2, 0.25) is 0 Å². The zero-order valence-corrected chi connectivity index (χ0v) is 8.38. The Kier molecular flexibility index (Phi) is 3.87. The number of aliphatic carboxylic acids is 1. The highest BCUT2D eigenvalue weighted by Crippen LogP contribution is 2.15. The molecule has 0 aliphatic carbocycles. The van der Waals surface area contributed by atoms with Gasteiger partial charge in [0.15, 0.2) is 0 Å². The normalized spacial score (nSPS) is 27.9. The van der Waals surface area contributed by atoms with Gasteiger partial charge in [0, 0.05) is 17.4 Å². The van der Waals surface area contributed by atoms with Gasteiger partial charge in [-0.2, -0.15) is 0 Å². The third-order valence-corrected chi connectivity index (χ3v) is 4.07. The predicted molar refractivity (Wildman–Crippen MR) is 49.1 cm³/mol. The molecule has 1 rings (SSSR count). The average Bonchev–Trinajstić information content (AvgIpc) is 2.17. The molecule has 1 saturated heterocycles. The molecule has 1 aliphatic heterocycles. The number of hydrogen-bond donors (Lipinski definition) is 1. The van der Waals surface area contributed by atoms with Crippen molar-refractivity contribution in [3.8, 4) is 0 Å². The van der Waals surface area contributed by atoms with Crippen LogP contribution in [0.1, 0.15) is 19.8 Å². The van der Waals surface area contributed by atoms with Crippen LogP contribution in [0.25, 0.3) is 0 Å². The van der Waals surface area contributed by atoms with Crippen LogP contribution in [-0.4, -0.2) is 39.0 Å². The van der Waals surface area contributed by atoms with E-state index in [-0.39, 0.29) is 5.25 Å². The number of carboxylic acids is 1. The summed E-state index contributed by atoms with van der Waals surface area (Å²) in [7, 11) is -1.31. The summed E-state index contributed by atoms with van der Waals surface area (Å²) in [6.45, 7) is 2.62. The Balaban J connectivity index is 2.50. The minimum absolute atomic E-state index is 0.0974. The van der Waals surface area contributed by atoms with Crippen molar-refractivity contribution in [2.24, 2.45) is 0 Å². The summed E-state index contributed by atoms with van der Waals surface area (Å²) in [6.07, 6.45) is 1.69. The van der Waals surface area contributed by atoms with Gasteiger partial charge in [-0.15, -0.1) is 0 Å². The molecule has 3 atom stereocenters. The van der Waals surface area contributed by atoms with E-state index in [0.29, 0.717) is 13.2 Å². The maximum Gasteiger partial charge on any atom is 0.318 e. The standard InChI is InChI=1S/C8H14O4S/c1-6(8(9)10)13(11)7-3-2-4-12-5-7/h6-7H,2-5H2,1H3,(H,9,10). The smallest absolute Gasteiger partial charge is 0.318 e. The van der Waals surface area contributed by atoms with Gasteiger partial charge >= 0.3 is 5.97 Å². The van der Waals surface area contributed by atoms with Gasteiger partial charge in [0.05, 0.1) is 11.9 Å². The van der Waals surface area contributed by atoms with Gasteiger partial charge in [-0.25, -0.2) is 0 Å². The third kappa shape index (κ3) is 2.77. The molecule has 0 spiro atoms. The average molecular weight is 206 g/mol. The molecule has 0 aromatic rings. The maximum atomic E-state index is 11.6. The fraction of sp³-hybridized carbons (Fsp3) is 0.875. The van der Waals surface area contributed by atoms with E-state index in [9.17, 15) is 9.00 Å². The molecular formula is C8H14O4S.